The third kappa shape index (κ3) is 2.76. The number of hydrogen-bond acceptors (Lipinski definition) is 2. The van der Waals surface area contributed by atoms with Crippen LogP contribution in [-0.4, -0.2) is 31.6 Å². The van der Waals surface area contributed by atoms with E-state index < -0.39 is 0 Å². The van der Waals surface area contributed by atoms with Crippen LogP contribution in [0.25, 0.3) is 0 Å². The SMILES string of the molecule is COc1ccc(C[C@@H]2C3=C(CCCC3)CCN2C)cc1. The van der Waals surface area contributed by atoms with E-state index in [1.807, 2.05) is 0 Å². The number of likely N-dealkylation sites (N-methyl/N-ethyl adjacent to an activating group) is 1. The molecule has 1 aliphatic carbocycles. The van der Waals surface area contributed by atoms with Crippen molar-refractivity contribution in [2.24, 2.45) is 0 Å². The molecule has 0 amide bonds. The average molecular weight is 271 g/mol. The zero-order valence-electron chi connectivity index (χ0n) is 12.7. The maximum absolute atomic E-state index is 5.25. The van der Waals surface area contributed by atoms with Crippen molar-refractivity contribution in [1.29, 1.82) is 0 Å². The first kappa shape index (κ1) is 13.7. The summed E-state index contributed by atoms with van der Waals surface area (Å²) < 4.78 is 5.25. The first-order valence-electron chi connectivity index (χ1n) is 7.82. The molecule has 1 heterocycles. The molecule has 0 bridgehead atoms. The van der Waals surface area contributed by atoms with Gasteiger partial charge in [0.2, 0.25) is 0 Å². The fourth-order valence-electron chi connectivity index (χ4n) is 3.68. The van der Waals surface area contributed by atoms with Crippen molar-refractivity contribution in [2.45, 2.75) is 44.6 Å². The number of methoxy groups -OCH3 is 1. The lowest BCUT2D eigenvalue weighted by atomic mass is 9.81. The third-order valence-electron chi connectivity index (χ3n) is 4.92. The Labute approximate surface area is 122 Å². The van der Waals surface area contributed by atoms with Gasteiger partial charge in [-0.15, -0.1) is 0 Å². The Hall–Kier alpha value is -1.28. The molecule has 1 aromatic rings. The summed E-state index contributed by atoms with van der Waals surface area (Å²) in [5, 5.41) is 0. The normalized spacial score (nSPS) is 23.6. The molecule has 0 saturated heterocycles. The van der Waals surface area contributed by atoms with Crippen LogP contribution < -0.4 is 4.74 Å². The molecule has 20 heavy (non-hydrogen) atoms. The van der Waals surface area contributed by atoms with Crippen molar-refractivity contribution in [1.82, 2.24) is 4.90 Å². The van der Waals surface area contributed by atoms with E-state index in [9.17, 15) is 0 Å². The van der Waals surface area contributed by atoms with Gasteiger partial charge >= 0.3 is 0 Å². The summed E-state index contributed by atoms with van der Waals surface area (Å²) in [5.41, 5.74) is 4.94. The zero-order valence-corrected chi connectivity index (χ0v) is 12.7. The quantitative estimate of drug-likeness (QED) is 0.775. The Balaban J connectivity index is 1.79. The summed E-state index contributed by atoms with van der Waals surface area (Å²) in [6.07, 6.45) is 7.89. The van der Waals surface area contributed by atoms with Gasteiger partial charge in [-0.25, -0.2) is 0 Å². The molecule has 2 heteroatoms. The molecule has 3 rings (SSSR count). The molecule has 0 saturated carbocycles. The first-order chi connectivity index (χ1) is 9.78. The molecular weight excluding hydrogens is 246 g/mol. The predicted octanol–water partition coefficient (Wildman–Crippen LogP) is 3.81. The largest absolute Gasteiger partial charge is 0.497 e. The molecule has 0 fully saturated rings. The van der Waals surface area contributed by atoms with Gasteiger partial charge in [0.05, 0.1) is 7.11 Å². The zero-order chi connectivity index (χ0) is 13.9. The molecular formula is C18H25NO. The van der Waals surface area contributed by atoms with Crippen LogP contribution in [0.1, 0.15) is 37.7 Å². The number of ether oxygens (including phenoxy) is 1. The van der Waals surface area contributed by atoms with E-state index >= 15 is 0 Å². The molecule has 0 spiro atoms. The molecule has 1 atom stereocenters. The Morgan fingerprint density at radius 2 is 1.85 bits per heavy atom. The smallest absolute Gasteiger partial charge is 0.118 e. The van der Waals surface area contributed by atoms with Crippen LogP contribution in [-0.2, 0) is 6.42 Å². The van der Waals surface area contributed by atoms with Gasteiger partial charge < -0.3 is 4.74 Å². The Morgan fingerprint density at radius 3 is 2.60 bits per heavy atom. The van der Waals surface area contributed by atoms with Gasteiger partial charge in [0.15, 0.2) is 0 Å². The van der Waals surface area contributed by atoms with Gasteiger partial charge in [-0.05, 0) is 63.3 Å². The summed E-state index contributed by atoms with van der Waals surface area (Å²) in [6, 6.07) is 9.20. The fourth-order valence-corrected chi connectivity index (χ4v) is 3.68. The Bertz CT molecular complexity index is 489. The monoisotopic (exact) mass is 271 g/mol. The molecule has 0 unspecified atom stereocenters. The van der Waals surface area contributed by atoms with E-state index in [1.165, 1.54) is 44.2 Å². The van der Waals surface area contributed by atoms with Crippen molar-refractivity contribution in [3.63, 3.8) is 0 Å². The molecule has 2 aliphatic rings. The van der Waals surface area contributed by atoms with Crippen molar-refractivity contribution < 1.29 is 4.74 Å². The Kier molecular flexibility index (Phi) is 4.11. The summed E-state index contributed by atoms with van der Waals surface area (Å²) in [6.45, 7) is 1.22. The molecule has 0 aromatic heterocycles. The highest BCUT2D eigenvalue weighted by Gasteiger charge is 2.28. The van der Waals surface area contributed by atoms with Crippen LogP contribution in [0.5, 0.6) is 5.75 Å². The maximum atomic E-state index is 5.25. The fraction of sp³-hybridized carbons (Fsp3) is 0.556. The highest BCUT2D eigenvalue weighted by molar-refractivity contribution is 5.32. The molecule has 2 nitrogen and oxygen atoms in total. The van der Waals surface area contributed by atoms with E-state index in [0.717, 1.165) is 12.2 Å². The van der Waals surface area contributed by atoms with Gasteiger partial charge in [0.25, 0.3) is 0 Å². The second-order valence-corrected chi connectivity index (χ2v) is 6.13. The summed E-state index contributed by atoms with van der Waals surface area (Å²) in [7, 11) is 4.01. The lowest BCUT2D eigenvalue weighted by molar-refractivity contribution is 0.242. The van der Waals surface area contributed by atoms with Crippen LogP contribution in [0.4, 0.5) is 0 Å². The average Bonchev–Trinajstić information content (AvgIpc) is 2.51. The van der Waals surface area contributed by atoms with E-state index in [4.69, 9.17) is 4.74 Å². The van der Waals surface area contributed by atoms with E-state index in [-0.39, 0.29) is 0 Å². The van der Waals surface area contributed by atoms with Gasteiger partial charge in [0, 0.05) is 12.6 Å². The van der Waals surface area contributed by atoms with Gasteiger partial charge in [-0.1, -0.05) is 23.3 Å². The van der Waals surface area contributed by atoms with Gasteiger partial charge in [-0.2, -0.15) is 0 Å². The van der Waals surface area contributed by atoms with Gasteiger partial charge in [0.1, 0.15) is 5.75 Å². The minimum atomic E-state index is 0.618. The minimum absolute atomic E-state index is 0.618. The lowest BCUT2D eigenvalue weighted by Gasteiger charge is -2.39. The predicted molar refractivity (Wildman–Crippen MR) is 83.2 cm³/mol. The number of hydrogen-bond donors (Lipinski definition) is 0. The standard InChI is InChI=1S/C18H25NO/c1-19-12-11-15-5-3-4-6-17(15)18(19)13-14-7-9-16(20-2)10-8-14/h7-10,18H,3-6,11-13H2,1-2H3/t18-/m1/s1. The van der Waals surface area contributed by atoms with E-state index in [0.29, 0.717) is 6.04 Å². The second kappa shape index (κ2) is 6.01. The molecule has 1 aromatic carbocycles. The van der Waals surface area contributed by atoms with Crippen LogP contribution in [0.15, 0.2) is 35.4 Å². The maximum Gasteiger partial charge on any atom is 0.118 e. The van der Waals surface area contributed by atoms with E-state index in [1.54, 1.807) is 18.3 Å². The highest BCUT2D eigenvalue weighted by atomic mass is 16.5. The summed E-state index contributed by atoms with van der Waals surface area (Å²) >= 11 is 0. The molecule has 108 valence electrons. The summed E-state index contributed by atoms with van der Waals surface area (Å²) in [5.74, 6) is 0.948. The third-order valence-corrected chi connectivity index (χ3v) is 4.92. The van der Waals surface area contributed by atoms with Crippen LogP contribution in [0, 0.1) is 0 Å². The van der Waals surface area contributed by atoms with Crippen LogP contribution in [0.3, 0.4) is 0 Å². The number of nitrogens with zero attached hydrogens (tertiary/aromatic N) is 1. The second-order valence-electron chi connectivity index (χ2n) is 6.13. The molecule has 0 radical (unpaired) electrons. The lowest BCUT2D eigenvalue weighted by Crippen LogP contribution is -2.40. The summed E-state index contributed by atoms with van der Waals surface area (Å²) in [4.78, 5) is 2.55. The van der Waals surface area contributed by atoms with Crippen LogP contribution in [0.2, 0.25) is 0 Å². The first-order valence-corrected chi connectivity index (χ1v) is 7.82. The minimum Gasteiger partial charge on any atom is -0.497 e. The van der Waals surface area contributed by atoms with E-state index in [2.05, 4.69) is 36.2 Å². The van der Waals surface area contributed by atoms with Crippen molar-refractivity contribution in [2.75, 3.05) is 20.7 Å². The van der Waals surface area contributed by atoms with Crippen molar-refractivity contribution in [3.05, 3.63) is 41.0 Å². The molecule has 0 N–H and O–H groups in total. The number of benzene rings is 1. The molecule has 1 aliphatic heterocycles. The van der Waals surface area contributed by atoms with Crippen LogP contribution >= 0.6 is 0 Å². The number of rotatable bonds is 3. The Morgan fingerprint density at radius 1 is 1.10 bits per heavy atom. The highest BCUT2D eigenvalue weighted by Crippen LogP contribution is 2.35. The topological polar surface area (TPSA) is 12.5 Å². The van der Waals surface area contributed by atoms with Crippen molar-refractivity contribution in [3.8, 4) is 5.75 Å². The van der Waals surface area contributed by atoms with Gasteiger partial charge in [-0.3, -0.25) is 4.90 Å². The van der Waals surface area contributed by atoms with Crippen molar-refractivity contribution >= 4 is 0 Å².